The number of amides is 1. The Kier molecular flexibility index (Phi) is 4.43. The average molecular weight is 228 g/mol. The van der Waals surface area contributed by atoms with E-state index in [9.17, 15) is 9.90 Å². The van der Waals surface area contributed by atoms with Crippen molar-refractivity contribution >= 4 is 17.5 Å². The standard InChI is InChI=1S/C11H14ClNO2/c1-8(6-12)11(15)13-7-9-4-2-3-5-10(9)14/h2-5,8,14H,6-7H2,1H3,(H,13,15). The molecule has 2 N–H and O–H groups in total. The Labute approximate surface area is 94.1 Å². The highest BCUT2D eigenvalue weighted by atomic mass is 35.5. The van der Waals surface area contributed by atoms with Crippen molar-refractivity contribution in [3.63, 3.8) is 0 Å². The van der Waals surface area contributed by atoms with E-state index >= 15 is 0 Å². The molecule has 0 aliphatic rings. The van der Waals surface area contributed by atoms with Gasteiger partial charge in [-0.2, -0.15) is 0 Å². The van der Waals surface area contributed by atoms with Gasteiger partial charge in [0, 0.05) is 23.9 Å². The van der Waals surface area contributed by atoms with Crippen LogP contribution in [-0.2, 0) is 11.3 Å². The summed E-state index contributed by atoms with van der Waals surface area (Å²) in [7, 11) is 0. The minimum absolute atomic E-state index is 0.103. The minimum atomic E-state index is -0.211. The number of halogens is 1. The minimum Gasteiger partial charge on any atom is -0.508 e. The molecule has 1 rings (SSSR count). The first kappa shape index (κ1) is 11.9. The first-order valence-corrected chi connectivity index (χ1v) is 5.29. The van der Waals surface area contributed by atoms with Crippen LogP contribution in [0.15, 0.2) is 24.3 Å². The zero-order valence-corrected chi connectivity index (χ0v) is 9.29. The van der Waals surface area contributed by atoms with Gasteiger partial charge in [-0.05, 0) is 6.07 Å². The Hall–Kier alpha value is -1.22. The average Bonchev–Trinajstić information content (AvgIpc) is 2.26. The molecular formula is C11H14ClNO2. The van der Waals surface area contributed by atoms with Crippen molar-refractivity contribution in [1.29, 1.82) is 0 Å². The molecular weight excluding hydrogens is 214 g/mol. The van der Waals surface area contributed by atoms with Crippen LogP contribution in [0.4, 0.5) is 0 Å². The number of phenolic OH excluding ortho intramolecular Hbond substituents is 1. The molecule has 0 fully saturated rings. The van der Waals surface area contributed by atoms with Crippen LogP contribution < -0.4 is 5.32 Å². The molecule has 0 aliphatic heterocycles. The Balaban J connectivity index is 2.51. The number of aromatic hydroxyl groups is 1. The quantitative estimate of drug-likeness (QED) is 0.772. The van der Waals surface area contributed by atoms with Crippen molar-refractivity contribution in [2.24, 2.45) is 5.92 Å². The third-order valence-corrected chi connectivity index (χ3v) is 2.59. The van der Waals surface area contributed by atoms with E-state index in [1.54, 1.807) is 25.1 Å². The summed E-state index contributed by atoms with van der Waals surface area (Å²) < 4.78 is 0. The molecule has 0 saturated carbocycles. The summed E-state index contributed by atoms with van der Waals surface area (Å²) in [6.07, 6.45) is 0. The number of carbonyl (C=O) groups is 1. The maximum atomic E-state index is 11.4. The zero-order chi connectivity index (χ0) is 11.3. The molecule has 0 saturated heterocycles. The molecule has 0 bridgehead atoms. The number of para-hydroxylation sites is 1. The van der Waals surface area contributed by atoms with Gasteiger partial charge in [-0.1, -0.05) is 25.1 Å². The highest BCUT2D eigenvalue weighted by Crippen LogP contribution is 2.15. The monoisotopic (exact) mass is 227 g/mol. The van der Waals surface area contributed by atoms with Gasteiger partial charge in [-0.3, -0.25) is 4.79 Å². The van der Waals surface area contributed by atoms with Gasteiger partial charge in [0.15, 0.2) is 0 Å². The van der Waals surface area contributed by atoms with Crippen LogP contribution in [-0.4, -0.2) is 16.9 Å². The Morgan fingerprint density at radius 2 is 2.20 bits per heavy atom. The fourth-order valence-corrected chi connectivity index (χ4v) is 1.23. The lowest BCUT2D eigenvalue weighted by atomic mass is 10.1. The van der Waals surface area contributed by atoms with Gasteiger partial charge in [-0.15, -0.1) is 11.6 Å². The molecule has 0 heterocycles. The maximum absolute atomic E-state index is 11.4. The van der Waals surface area contributed by atoms with Gasteiger partial charge in [0.05, 0.1) is 0 Å². The number of carbonyl (C=O) groups excluding carboxylic acids is 1. The molecule has 1 atom stereocenters. The number of hydrogen-bond donors (Lipinski definition) is 2. The molecule has 1 aromatic carbocycles. The molecule has 3 nitrogen and oxygen atoms in total. The molecule has 82 valence electrons. The molecule has 15 heavy (non-hydrogen) atoms. The first-order chi connectivity index (χ1) is 7.15. The van der Waals surface area contributed by atoms with Gasteiger partial charge < -0.3 is 10.4 Å². The summed E-state index contributed by atoms with van der Waals surface area (Å²) in [6, 6.07) is 6.90. The van der Waals surface area contributed by atoms with Crippen LogP contribution in [0.2, 0.25) is 0 Å². The van der Waals surface area contributed by atoms with E-state index in [-0.39, 0.29) is 17.6 Å². The lowest BCUT2D eigenvalue weighted by Gasteiger charge is -2.09. The molecule has 0 aliphatic carbocycles. The second-order valence-corrected chi connectivity index (χ2v) is 3.71. The number of alkyl halides is 1. The number of benzene rings is 1. The van der Waals surface area contributed by atoms with Crippen molar-refractivity contribution in [2.75, 3.05) is 5.88 Å². The van der Waals surface area contributed by atoms with Crippen LogP contribution in [0.3, 0.4) is 0 Å². The lowest BCUT2D eigenvalue weighted by Crippen LogP contribution is -2.29. The molecule has 1 aromatic rings. The van der Waals surface area contributed by atoms with Crippen LogP contribution >= 0.6 is 11.6 Å². The molecule has 4 heteroatoms. The molecule has 0 aromatic heterocycles. The first-order valence-electron chi connectivity index (χ1n) is 4.75. The van der Waals surface area contributed by atoms with Crippen LogP contribution in [0, 0.1) is 5.92 Å². The van der Waals surface area contributed by atoms with E-state index in [1.807, 2.05) is 6.07 Å². The third kappa shape index (κ3) is 3.44. The SMILES string of the molecule is CC(CCl)C(=O)NCc1ccccc1O. The number of hydrogen-bond acceptors (Lipinski definition) is 2. The van der Waals surface area contributed by atoms with Gasteiger partial charge in [0.25, 0.3) is 0 Å². The van der Waals surface area contributed by atoms with E-state index in [2.05, 4.69) is 5.32 Å². The number of nitrogens with one attached hydrogen (secondary N) is 1. The molecule has 0 spiro atoms. The Morgan fingerprint density at radius 1 is 1.53 bits per heavy atom. The second kappa shape index (κ2) is 5.61. The summed E-state index contributed by atoms with van der Waals surface area (Å²) >= 11 is 5.55. The van der Waals surface area contributed by atoms with Crippen molar-refractivity contribution in [1.82, 2.24) is 5.32 Å². The third-order valence-electron chi connectivity index (χ3n) is 2.12. The predicted octanol–water partition coefficient (Wildman–Crippen LogP) is 1.88. The highest BCUT2D eigenvalue weighted by molar-refractivity contribution is 6.19. The summed E-state index contributed by atoms with van der Waals surface area (Å²) in [5, 5.41) is 12.1. The summed E-state index contributed by atoms with van der Waals surface area (Å²) in [6.45, 7) is 2.08. The van der Waals surface area contributed by atoms with Gasteiger partial charge in [0.1, 0.15) is 5.75 Å². The Bertz CT molecular complexity index is 341. The van der Waals surface area contributed by atoms with Crippen molar-refractivity contribution in [3.8, 4) is 5.75 Å². The summed E-state index contributed by atoms with van der Waals surface area (Å²) in [4.78, 5) is 11.4. The summed E-state index contributed by atoms with van der Waals surface area (Å²) in [5.74, 6) is 0.175. The highest BCUT2D eigenvalue weighted by Gasteiger charge is 2.11. The van der Waals surface area contributed by atoms with Crippen LogP contribution in [0.25, 0.3) is 0 Å². The Morgan fingerprint density at radius 3 is 2.80 bits per heavy atom. The zero-order valence-electron chi connectivity index (χ0n) is 8.53. The van der Waals surface area contributed by atoms with Gasteiger partial charge in [-0.25, -0.2) is 0 Å². The van der Waals surface area contributed by atoms with E-state index < -0.39 is 0 Å². The molecule has 1 unspecified atom stereocenters. The van der Waals surface area contributed by atoms with E-state index in [1.165, 1.54) is 0 Å². The van der Waals surface area contributed by atoms with Gasteiger partial charge in [0.2, 0.25) is 5.91 Å². The molecule has 1 amide bonds. The largest absolute Gasteiger partial charge is 0.508 e. The van der Waals surface area contributed by atoms with E-state index in [0.717, 1.165) is 0 Å². The van der Waals surface area contributed by atoms with Gasteiger partial charge >= 0.3 is 0 Å². The smallest absolute Gasteiger partial charge is 0.224 e. The van der Waals surface area contributed by atoms with Crippen molar-refractivity contribution in [3.05, 3.63) is 29.8 Å². The lowest BCUT2D eigenvalue weighted by molar-refractivity contribution is -0.124. The van der Waals surface area contributed by atoms with E-state index in [4.69, 9.17) is 11.6 Å². The second-order valence-electron chi connectivity index (χ2n) is 3.40. The topological polar surface area (TPSA) is 49.3 Å². The maximum Gasteiger partial charge on any atom is 0.224 e. The normalized spacial score (nSPS) is 12.1. The molecule has 0 radical (unpaired) electrons. The van der Waals surface area contributed by atoms with Crippen LogP contribution in [0.1, 0.15) is 12.5 Å². The fraction of sp³-hybridized carbons (Fsp3) is 0.364. The number of rotatable bonds is 4. The van der Waals surface area contributed by atoms with Crippen molar-refractivity contribution < 1.29 is 9.90 Å². The number of phenols is 1. The predicted molar refractivity (Wildman–Crippen MR) is 59.8 cm³/mol. The van der Waals surface area contributed by atoms with Crippen molar-refractivity contribution in [2.45, 2.75) is 13.5 Å². The van der Waals surface area contributed by atoms with Crippen LogP contribution in [0.5, 0.6) is 5.75 Å². The van der Waals surface area contributed by atoms with E-state index in [0.29, 0.717) is 18.0 Å². The fourth-order valence-electron chi connectivity index (χ4n) is 1.09. The summed E-state index contributed by atoms with van der Waals surface area (Å²) in [5.41, 5.74) is 0.702.